The summed E-state index contributed by atoms with van der Waals surface area (Å²) in [6, 6.07) is 12.1. The fourth-order valence-electron chi connectivity index (χ4n) is 3.82. The molecule has 31 heavy (non-hydrogen) atoms. The molecule has 0 saturated carbocycles. The maximum absolute atomic E-state index is 13.2. The molecular formula is C22H18N6O3. The Morgan fingerprint density at radius 3 is 2.74 bits per heavy atom. The molecule has 0 unspecified atom stereocenters. The van der Waals surface area contributed by atoms with Gasteiger partial charge in [-0.25, -0.2) is 9.78 Å². The molecule has 0 bridgehead atoms. The molecule has 0 fully saturated rings. The molecule has 4 heterocycles. The Balaban J connectivity index is 1.43. The van der Waals surface area contributed by atoms with Crippen LogP contribution in [0, 0.1) is 0 Å². The van der Waals surface area contributed by atoms with Crippen LogP contribution in [0.1, 0.15) is 27.3 Å². The van der Waals surface area contributed by atoms with Crippen LogP contribution in [-0.2, 0) is 19.5 Å². The van der Waals surface area contributed by atoms with Crippen LogP contribution in [0.5, 0.6) is 0 Å². The predicted molar refractivity (Wildman–Crippen MR) is 113 cm³/mol. The first-order valence-electron chi connectivity index (χ1n) is 9.85. The van der Waals surface area contributed by atoms with Crippen molar-refractivity contribution in [1.82, 2.24) is 29.9 Å². The van der Waals surface area contributed by atoms with Crippen molar-refractivity contribution < 1.29 is 4.79 Å². The largest absolute Gasteiger partial charge is 0.332 e. The summed E-state index contributed by atoms with van der Waals surface area (Å²) in [5.41, 5.74) is 2.03. The lowest BCUT2D eigenvalue weighted by atomic mass is 10.0. The Morgan fingerprint density at radius 1 is 1.10 bits per heavy atom. The number of carbonyl (C=O) groups is 1. The second kappa shape index (κ2) is 7.60. The van der Waals surface area contributed by atoms with Gasteiger partial charge in [0.1, 0.15) is 0 Å². The van der Waals surface area contributed by atoms with Gasteiger partial charge in [-0.05, 0) is 17.7 Å². The van der Waals surface area contributed by atoms with Crippen molar-refractivity contribution in [2.24, 2.45) is 0 Å². The molecular weight excluding hydrogens is 396 g/mol. The number of nitrogens with zero attached hydrogens (tertiary/aromatic N) is 5. The number of benzene rings is 1. The molecule has 154 valence electrons. The average molecular weight is 414 g/mol. The molecule has 1 aliphatic rings. The van der Waals surface area contributed by atoms with Crippen LogP contribution in [0.25, 0.3) is 10.8 Å². The molecule has 0 aliphatic carbocycles. The predicted octanol–water partition coefficient (Wildman–Crippen LogP) is 1.12. The Bertz CT molecular complexity index is 1410. The van der Waals surface area contributed by atoms with Crippen LogP contribution in [0.4, 0.5) is 0 Å². The number of fused-ring (bicyclic) bond motifs is 2. The summed E-state index contributed by atoms with van der Waals surface area (Å²) in [6.07, 6.45) is 3.91. The van der Waals surface area contributed by atoms with Crippen LogP contribution in [0.15, 0.2) is 64.4 Å². The lowest BCUT2D eigenvalue weighted by molar-refractivity contribution is 0.0727. The fourth-order valence-corrected chi connectivity index (χ4v) is 3.82. The summed E-state index contributed by atoms with van der Waals surface area (Å²) in [7, 11) is 0. The number of aromatic amines is 1. The summed E-state index contributed by atoms with van der Waals surface area (Å²) in [6.45, 7) is 1.05. The van der Waals surface area contributed by atoms with E-state index in [-0.39, 0.29) is 29.3 Å². The van der Waals surface area contributed by atoms with Gasteiger partial charge in [0.25, 0.3) is 17.0 Å². The maximum Gasteiger partial charge on any atom is 0.275 e. The van der Waals surface area contributed by atoms with E-state index in [2.05, 4.69) is 20.3 Å². The monoisotopic (exact) mass is 414 g/mol. The lowest BCUT2D eigenvalue weighted by Gasteiger charge is -2.28. The molecule has 1 amide bonds. The van der Waals surface area contributed by atoms with Crippen molar-refractivity contribution >= 4 is 16.7 Å². The van der Waals surface area contributed by atoms with E-state index >= 15 is 0 Å². The van der Waals surface area contributed by atoms with Crippen LogP contribution >= 0.6 is 0 Å². The molecule has 9 heteroatoms. The van der Waals surface area contributed by atoms with Crippen molar-refractivity contribution in [3.05, 3.63) is 98.1 Å². The van der Waals surface area contributed by atoms with Crippen molar-refractivity contribution in [2.45, 2.75) is 19.5 Å². The first-order valence-corrected chi connectivity index (χ1v) is 9.85. The summed E-state index contributed by atoms with van der Waals surface area (Å²) >= 11 is 0. The molecule has 1 N–H and O–H groups in total. The molecule has 0 spiro atoms. The first kappa shape index (κ1) is 18.9. The summed E-state index contributed by atoms with van der Waals surface area (Å²) in [4.78, 5) is 43.4. The quantitative estimate of drug-likeness (QED) is 0.537. The SMILES string of the molecule is O=C(c1n[nH]c(=O)c2ccccc12)N1CCc2nn(Cc3cccnc3)c(=O)cc2C1. The van der Waals surface area contributed by atoms with Crippen LogP contribution in [-0.4, -0.2) is 42.3 Å². The van der Waals surface area contributed by atoms with Crippen molar-refractivity contribution in [1.29, 1.82) is 0 Å². The van der Waals surface area contributed by atoms with E-state index in [1.807, 2.05) is 12.1 Å². The molecule has 4 aromatic rings. The van der Waals surface area contributed by atoms with Crippen LogP contribution in [0.3, 0.4) is 0 Å². The van der Waals surface area contributed by atoms with Gasteiger partial charge in [-0.3, -0.25) is 19.4 Å². The van der Waals surface area contributed by atoms with E-state index < -0.39 is 0 Å². The zero-order valence-electron chi connectivity index (χ0n) is 16.5. The molecule has 9 nitrogen and oxygen atoms in total. The molecule has 0 atom stereocenters. The van der Waals surface area contributed by atoms with Crippen LogP contribution in [0.2, 0.25) is 0 Å². The molecule has 0 radical (unpaired) electrons. The van der Waals surface area contributed by atoms with Gasteiger partial charge in [0.05, 0.1) is 17.6 Å². The molecule has 5 rings (SSSR count). The highest BCUT2D eigenvalue weighted by Gasteiger charge is 2.26. The average Bonchev–Trinajstić information content (AvgIpc) is 2.80. The highest BCUT2D eigenvalue weighted by Crippen LogP contribution is 2.20. The van der Waals surface area contributed by atoms with Gasteiger partial charge < -0.3 is 4.90 Å². The van der Waals surface area contributed by atoms with E-state index in [1.165, 1.54) is 10.7 Å². The van der Waals surface area contributed by atoms with Gasteiger partial charge in [0.2, 0.25) is 0 Å². The van der Waals surface area contributed by atoms with Gasteiger partial charge in [-0.2, -0.15) is 10.2 Å². The number of hydrogen-bond acceptors (Lipinski definition) is 6. The number of amides is 1. The standard InChI is InChI=1S/C22H18N6O3/c29-19-10-15-13-27(9-7-18(15)26-28(19)12-14-4-3-8-23-11-14)22(31)20-16-5-1-2-6-17(16)21(30)25-24-20/h1-6,8,10-11H,7,9,12-13H2,(H,25,30). The Kier molecular flexibility index (Phi) is 4.62. The van der Waals surface area contributed by atoms with Crippen molar-refractivity contribution in [2.75, 3.05) is 6.54 Å². The maximum atomic E-state index is 13.2. The van der Waals surface area contributed by atoms with Gasteiger partial charge in [-0.1, -0.05) is 24.3 Å². The van der Waals surface area contributed by atoms with E-state index in [0.717, 1.165) is 16.8 Å². The third-order valence-corrected chi connectivity index (χ3v) is 5.38. The van der Waals surface area contributed by atoms with Gasteiger partial charge >= 0.3 is 0 Å². The number of rotatable bonds is 3. The second-order valence-corrected chi connectivity index (χ2v) is 7.40. The highest BCUT2D eigenvalue weighted by molar-refractivity contribution is 6.04. The molecule has 3 aromatic heterocycles. The minimum Gasteiger partial charge on any atom is -0.332 e. The Labute approximate surface area is 176 Å². The van der Waals surface area contributed by atoms with Crippen LogP contribution < -0.4 is 11.1 Å². The molecule has 1 aromatic carbocycles. The normalized spacial score (nSPS) is 13.2. The zero-order valence-corrected chi connectivity index (χ0v) is 16.5. The lowest BCUT2D eigenvalue weighted by Crippen LogP contribution is -2.39. The number of hydrogen-bond donors (Lipinski definition) is 1. The van der Waals surface area contributed by atoms with Gasteiger partial charge in [-0.15, -0.1) is 0 Å². The van der Waals surface area contributed by atoms with E-state index in [0.29, 0.717) is 30.3 Å². The van der Waals surface area contributed by atoms with Crippen molar-refractivity contribution in [3.63, 3.8) is 0 Å². The second-order valence-electron chi connectivity index (χ2n) is 7.40. The summed E-state index contributed by atoms with van der Waals surface area (Å²) in [5, 5.41) is 11.8. The number of H-pyrrole nitrogens is 1. The van der Waals surface area contributed by atoms with Gasteiger partial charge in [0, 0.05) is 48.9 Å². The Hall–Kier alpha value is -4.14. The summed E-state index contributed by atoms with van der Waals surface area (Å²) in [5.74, 6) is -0.294. The molecule has 1 aliphatic heterocycles. The first-order chi connectivity index (χ1) is 15.1. The van der Waals surface area contributed by atoms with E-state index in [4.69, 9.17) is 0 Å². The number of nitrogens with one attached hydrogen (secondary N) is 1. The number of pyridine rings is 1. The van der Waals surface area contributed by atoms with E-state index in [9.17, 15) is 14.4 Å². The third-order valence-electron chi connectivity index (χ3n) is 5.38. The van der Waals surface area contributed by atoms with Gasteiger partial charge in [0.15, 0.2) is 5.69 Å². The minimum atomic E-state index is -0.338. The number of aromatic nitrogens is 5. The fraction of sp³-hybridized carbons (Fsp3) is 0.182. The summed E-state index contributed by atoms with van der Waals surface area (Å²) < 4.78 is 1.42. The zero-order chi connectivity index (χ0) is 21.4. The minimum absolute atomic E-state index is 0.191. The Morgan fingerprint density at radius 2 is 1.94 bits per heavy atom. The third kappa shape index (κ3) is 3.50. The van der Waals surface area contributed by atoms with Crippen molar-refractivity contribution in [3.8, 4) is 0 Å². The number of carbonyl (C=O) groups excluding carboxylic acids is 1. The molecule has 0 saturated heterocycles. The highest BCUT2D eigenvalue weighted by atomic mass is 16.2. The smallest absolute Gasteiger partial charge is 0.275 e. The topological polar surface area (TPSA) is 114 Å². The van der Waals surface area contributed by atoms with E-state index in [1.54, 1.807) is 41.6 Å².